The number of fused-ring (bicyclic) bond motifs is 1. The molecular weight excluding hydrogens is 424 g/mol. The van der Waals surface area contributed by atoms with Crippen LogP contribution in [0.15, 0.2) is 115 Å². The van der Waals surface area contributed by atoms with Crippen molar-refractivity contribution in [3.05, 3.63) is 138 Å². The normalized spacial score (nSPS) is 11.5. The quantitative estimate of drug-likeness (QED) is 0.199. The molecule has 0 fully saturated rings. The lowest BCUT2D eigenvalue weighted by Gasteiger charge is -2.35. The van der Waals surface area contributed by atoms with Gasteiger partial charge in [-0.2, -0.15) is 0 Å². The Balaban J connectivity index is 1.58. The van der Waals surface area contributed by atoms with Crippen molar-refractivity contribution in [3.63, 3.8) is 0 Å². The molecule has 0 atom stereocenters. The monoisotopic (exact) mass is 448 g/mol. The zero-order chi connectivity index (χ0) is 22.5. The third kappa shape index (κ3) is 3.98. The second-order valence-corrected chi connectivity index (χ2v) is 9.17. The Hall–Kier alpha value is -3.63. The van der Waals surface area contributed by atoms with Crippen LogP contribution >= 0.6 is 11.8 Å². The number of carbonyl (C=O) groups excluding carboxylic acids is 1. The number of rotatable bonds is 8. The predicted octanol–water partition coefficient (Wildman–Crippen LogP) is 6.57. The van der Waals surface area contributed by atoms with Crippen molar-refractivity contribution >= 4 is 29.1 Å². The van der Waals surface area contributed by atoms with Gasteiger partial charge in [0.25, 0.3) is 0 Å². The molecule has 3 nitrogen and oxygen atoms in total. The van der Waals surface area contributed by atoms with Crippen molar-refractivity contribution in [1.29, 1.82) is 0 Å². The smallest absolute Gasteiger partial charge is 0.185 e. The third-order valence-electron chi connectivity index (χ3n) is 5.96. The standard InChI is InChI=1S/C29H24N2OS/c32-22-28-30-26-18-10-11-19-27(26)31(28)20-21-33-29(23-12-4-1-5-13-23,24-14-6-2-7-15-24)25-16-8-3-9-17-25/h1-19,22H,20-21H2. The molecular formula is C29H24N2OS. The van der Waals surface area contributed by atoms with Crippen molar-refractivity contribution < 1.29 is 4.79 Å². The van der Waals surface area contributed by atoms with E-state index >= 15 is 0 Å². The van der Waals surface area contributed by atoms with Crippen LogP contribution in [0.1, 0.15) is 27.3 Å². The Morgan fingerprint density at radius 1 is 0.697 bits per heavy atom. The lowest BCUT2D eigenvalue weighted by Crippen LogP contribution is -2.26. The zero-order valence-electron chi connectivity index (χ0n) is 18.2. The zero-order valence-corrected chi connectivity index (χ0v) is 19.0. The maximum atomic E-state index is 11.7. The highest BCUT2D eigenvalue weighted by Gasteiger charge is 2.36. The van der Waals surface area contributed by atoms with Crippen molar-refractivity contribution in [2.45, 2.75) is 11.3 Å². The Labute approximate surface area is 198 Å². The van der Waals surface area contributed by atoms with Gasteiger partial charge in [-0.3, -0.25) is 4.79 Å². The first-order valence-electron chi connectivity index (χ1n) is 11.0. The molecule has 4 heteroatoms. The van der Waals surface area contributed by atoms with E-state index in [4.69, 9.17) is 0 Å². The van der Waals surface area contributed by atoms with Crippen LogP contribution in [-0.4, -0.2) is 21.6 Å². The second-order valence-electron chi connectivity index (χ2n) is 7.86. The minimum Gasteiger partial charge on any atom is -0.321 e. The molecule has 0 radical (unpaired) electrons. The van der Waals surface area contributed by atoms with Crippen LogP contribution in [-0.2, 0) is 11.3 Å². The van der Waals surface area contributed by atoms with Gasteiger partial charge in [-0.25, -0.2) is 4.98 Å². The van der Waals surface area contributed by atoms with Crippen LogP contribution in [0.2, 0.25) is 0 Å². The predicted molar refractivity (Wildman–Crippen MR) is 137 cm³/mol. The summed E-state index contributed by atoms with van der Waals surface area (Å²) >= 11 is 1.89. The van der Waals surface area contributed by atoms with E-state index in [0.717, 1.165) is 23.1 Å². The van der Waals surface area contributed by atoms with Crippen LogP contribution in [0, 0.1) is 0 Å². The van der Waals surface area contributed by atoms with E-state index in [0.29, 0.717) is 12.4 Å². The number of hydrogen-bond acceptors (Lipinski definition) is 3. The first-order chi connectivity index (χ1) is 16.3. The fourth-order valence-electron chi connectivity index (χ4n) is 4.48. The van der Waals surface area contributed by atoms with E-state index in [1.165, 1.54) is 16.7 Å². The first-order valence-corrected chi connectivity index (χ1v) is 12.0. The van der Waals surface area contributed by atoms with E-state index in [1.807, 2.05) is 40.6 Å². The fourth-order valence-corrected chi connectivity index (χ4v) is 5.97. The molecule has 33 heavy (non-hydrogen) atoms. The van der Waals surface area contributed by atoms with Gasteiger partial charge in [0, 0.05) is 12.3 Å². The van der Waals surface area contributed by atoms with E-state index in [1.54, 1.807) is 0 Å². The van der Waals surface area contributed by atoms with Crippen LogP contribution in [0.25, 0.3) is 11.0 Å². The molecule has 0 amide bonds. The van der Waals surface area contributed by atoms with E-state index < -0.39 is 0 Å². The second kappa shape index (κ2) is 9.47. The molecule has 5 aromatic rings. The Morgan fingerprint density at radius 2 is 1.18 bits per heavy atom. The number of aldehydes is 1. The minimum atomic E-state index is -0.374. The summed E-state index contributed by atoms with van der Waals surface area (Å²) in [5, 5.41) is 0. The SMILES string of the molecule is O=Cc1nc2ccccc2n1CCSC(c1ccccc1)(c1ccccc1)c1ccccc1. The first kappa shape index (κ1) is 21.2. The largest absolute Gasteiger partial charge is 0.321 e. The van der Waals surface area contributed by atoms with Crippen LogP contribution in [0.4, 0.5) is 0 Å². The van der Waals surface area contributed by atoms with E-state index in [-0.39, 0.29) is 4.75 Å². The van der Waals surface area contributed by atoms with Crippen molar-refractivity contribution in [2.75, 3.05) is 5.75 Å². The molecule has 0 aliphatic rings. The Kier molecular flexibility index (Phi) is 6.09. The molecule has 0 bridgehead atoms. The molecule has 1 heterocycles. The van der Waals surface area contributed by atoms with E-state index in [9.17, 15) is 4.79 Å². The number of para-hydroxylation sites is 2. The third-order valence-corrected chi connectivity index (χ3v) is 7.49. The molecule has 0 unspecified atom stereocenters. The average Bonchev–Trinajstić information content (AvgIpc) is 3.26. The molecule has 0 aliphatic heterocycles. The van der Waals surface area contributed by atoms with Gasteiger partial charge in [0.2, 0.25) is 0 Å². The number of thioether (sulfide) groups is 1. The Bertz CT molecular complexity index is 1250. The number of aromatic nitrogens is 2. The molecule has 0 spiro atoms. The number of nitrogens with zero attached hydrogens (tertiary/aromatic N) is 2. The summed E-state index contributed by atoms with van der Waals surface area (Å²) in [6, 6.07) is 39.9. The maximum Gasteiger partial charge on any atom is 0.185 e. The molecule has 0 aliphatic carbocycles. The summed E-state index contributed by atoms with van der Waals surface area (Å²) in [5.74, 6) is 1.28. The number of imidazole rings is 1. The van der Waals surface area contributed by atoms with Gasteiger partial charge in [0.05, 0.1) is 15.8 Å². The van der Waals surface area contributed by atoms with Gasteiger partial charge in [-0.15, -0.1) is 11.8 Å². The lowest BCUT2D eigenvalue weighted by atomic mass is 9.84. The highest BCUT2D eigenvalue weighted by atomic mass is 32.2. The topological polar surface area (TPSA) is 34.9 Å². The number of hydrogen-bond donors (Lipinski definition) is 0. The molecule has 162 valence electrons. The molecule has 0 N–H and O–H groups in total. The minimum absolute atomic E-state index is 0.374. The van der Waals surface area contributed by atoms with Gasteiger partial charge in [0.15, 0.2) is 12.1 Å². The van der Waals surface area contributed by atoms with Crippen LogP contribution in [0.5, 0.6) is 0 Å². The number of carbonyl (C=O) groups is 1. The summed E-state index contributed by atoms with van der Waals surface area (Å²) in [7, 11) is 0. The van der Waals surface area contributed by atoms with Crippen molar-refractivity contribution in [3.8, 4) is 0 Å². The van der Waals surface area contributed by atoms with Gasteiger partial charge in [0.1, 0.15) is 0 Å². The van der Waals surface area contributed by atoms with Crippen LogP contribution < -0.4 is 0 Å². The van der Waals surface area contributed by atoms with Gasteiger partial charge in [-0.05, 0) is 28.8 Å². The van der Waals surface area contributed by atoms with Crippen molar-refractivity contribution in [1.82, 2.24) is 9.55 Å². The fraction of sp³-hybridized carbons (Fsp3) is 0.103. The Morgan fingerprint density at radius 3 is 1.70 bits per heavy atom. The summed E-state index contributed by atoms with van der Waals surface area (Å²) in [6.07, 6.45) is 0.851. The molecule has 0 saturated heterocycles. The molecule has 4 aromatic carbocycles. The van der Waals surface area contributed by atoms with Gasteiger partial charge < -0.3 is 4.57 Å². The van der Waals surface area contributed by atoms with Gasteiger partial charge >= 0.3 is 0 Å². The highest BCUT2D eigenvalue weighted by molar-refractivity contribution is 8.00. The maximum absolute atomic E-state index is 11.7. The average molecular weight is 449 g/mol. The molecule has 1 aromatic heterocycles. The van der Waals surface area contributed by atoms with Crippen molar-refractivity contribution in [2.24, 2.45) is 0 Å². The summed E-state index contributed by atoms with van der Waals surface area (Å²) < 4.78 is 1.66. The van der Waals surface area contributed by atoms with Gasteiger partial charge in [-0.1, -0.05) is 103 Å². The lowest BCUT2D eigenvalue weighted by molar-refractivity contribution is 0.111. The summed E-state index contributed by atoms with van der Waals surface area (Å²) in [5.41, 5.74) is 5.55. The van der Waals surface area contributed by atoms with Crippen LogP contribution in [0.3, 0.4) is 0 Å². The molecule has 5 rings (SSSR count). The summed E-state index contributed by atoms with van der Waals surface area (Å²) in [4.78, 5) is 16.2. The van der Waals surface area contributed by atoms with E-state index in [2.05, 4.69) is 96.0 Å². The summed E-state index contributed by atoms with van der Waals surface area (Å²) in [6.45, 7) is 0.688. The highest BCUT2D eigenvalue weighted by Crippen LogP contribution is 2.48. The number of benzene rings is 4. The molecule has 0 saturated carbocycles. The number of aryl methyl sites for hydroxylation is 1.